The number of likely N-dealkylation sites (N-methyl/N-ethyl adjacent to an activating group) is 1. The topological polar surface area (TPSA) is 55.9 Å². The van der Waals surface area contributed by atoms with Gasteiger partial charge in [-0.1, -0.05) is 38.5 Å². The van der Waals surface area contributed by atoms with Crippen LogP contribution < -0.4 is 5.32 Å². The van der Waals surface area contributed by atoms with Crippen molar-refractivity contribution in [3.63, 3.8) is 0 Å². The molecule has 0 aromatic rings. The molecule has 3 fully saturated rings. The molecule has 160 valence electrons. The van der Waals surface area contributed by atoms with Crippen LogP contribution in [0.2, 0.25) is 0 Å². The van der Waals surface area contributed by atoms with Crippen LogP contribution in [0.25, 0.3) is 0 Å². The molecule has 0 bridgehead atoms. The van der Waals surface area contributed by atoms with Crippen molar-refractivity contribution in [2.24, 2.45) is 0 Å². The lowest BCUT2D eigenvalue weighted by atomic mass is 9.88. The third kappa shape index (κ3) is 6.18. The fourth-order valence-electron chi connectivity index (χ4n) is 5.26. The van der Waals surface area contributed by atoms with Gasteiger partial charge in [-0.15, -0.1) is 0 Å². The van der Waals surface area contributed by atoms with E-state index in [-0.39, 0.29) is 5.91 Å². The molecule has 1 saturated heterocycles. The van der Waals surface area contributed by atoms with Crippen LogP contribution in [0.5, 0.6) is 0 Å². The lowest BCUT2D eigenvalue weighted by Crippen LogP contribution is -2.55. The monoisotopic (exact) mass is 392 g/mol. The number of amides is 2. The first-order chi connectivity index (χ1) is 13.7. The average molecular weight is 393 g/mol. The number of hydrogen-bond donors (Lipinski definition) is 1. The van der Waals surface area contributed by atoms with Crippen LogP contribution in [0.4, 0.5) is 0 Å². The van der Waals surface area contributed by atoms with E-state index in [0.29, 0.717) is 37.6 Å². The van der Waals surface area contributed by atoms with Gasteiger partial charge in [0.05, 0.1) is 13.1 Å². The Morgan fingerprint density at radius 2 is 1.25 bits per heavy atom. The first-order valence-corrected chi connectivity index (χ1v) is 11.7. The van der Waals surface area contributed by atoms with Crippen LogP contribution in [-0.2, 0) is 9.59 Å². The Hall–Kier alpha value is -1.14. The smallest absolute Gasteiger partial charge is 0.237 e. The van der Waals surface area contributed by atoms with Crippen molar-refractivity contribution >= 4 is 11.8 Å². The lowest BCUT2D eigenvalue weighted by molar-refractivity contribution is -0.140. The van der Waals surface area contributed by atoms with Crippen molar-refractivity contribution in [2.45, 2.75) is 83.2 Å². The third-order valence-corrected chi connectivity index (χ3v) is 6.79. The second-order valence-corrected chi connectivity index (χ2v) is 8.89. The van der Waals surface area contributed by atoms with Gasteiger partial charge in [-0.3, -0.25) is 19.4 Å². The van der Waals surface area contributed by atoms with Crippen LogP contribution in [0.15, 0.2) is 0 Å². The van der Waals surface area contributed by atoms with Gasteiger partial charge in [0.15, 0.2) is 0 Å². The van der Waals surface area contributed by atoms with E-state index in [1.165, 1.54) is 64.2 Å². The van der Waals surface area contributed by atoms with Crippen LogP contribution >= 0.6 is 0 Å². The Bertz CT molecular complexity index is 475. The third-order valence-electron chi connectivity index (χ3n) is 6.79. The average Bonchev–Trinajstić information content (AvgIpc) is 2.71. The molecule has 28 heavy (non-hydrogen) atoms. The van der Waals surface area contributed by atoms with Crippen molar-refractivity contribution < 1.29 is 9.59 Å². The molecule has 0 unspecified atom stereocenters. The summed E-state index contributed by atoms with van der Waals surface area (Å²) in [5.74, 6) is 0.462. The summed E-state index contributed by atoms with van der Waals surface area (Å²) in [6, 6.07) is 0.951. The molecule has 6 nitrogen and oxygen atoms in total. The molecule has 3 aliphatic rings. The first kappa shape index (κ1) is 21.6. The number of nitrogens with one attached hydrogen (secondary N) is 1. The minimum Gasteiger partial charge on any atom is -0.355 e. The second-order valence-electron chi connectivity index (χ2n) is 8.89. The predicted molar refractivity (Wildman–Crippen MR) is 112 cm³/mol. The van der Waals surface area contributed by atoms with Crippen LogP contribution in [0.1, 0.15) is 71.1 Å². The highest BCUT2D eigenvalue weighted by atomic mass is 16.2. The summed E-state index contributed by atoms with van der Waals surface area (Å²) in [7, 11) is 0. The number of carbonyl (C=O) groups is 2. The van der Waals surface area contributed by atoms with E-state index in [2.05, 4.69) is 20.0 Å². The number of rotatable bonds is 7. The van der Waals surface area contributed by atoms with Crippen LogP contribution in [-0.4, -0.2) is 84.4 Å². The molecule has 3 rings (SSSR count). The van der Waals surface area contributed by atoms with E-state index in [0.717, 1.165) is 26.2 Å². The summed E-state index contributed by atoms with van der Waals surface area (Å²) in [6.07, 6.45) is 12.6. The first-order valence-electron chi connectivity index (χ1n) is 11.7. The summed E-state index contributed by atoms with van der Waals surface area (Å²) in [4.78, 5) is 32.0. The van der Waals surface area contributed by atoms with Gasteiger partial charge < -0.3 is 10.2 Å². The van der Waals surface area contributed by atoms with Crippen LogP contribution in [0, 0.1) is 0 Å². The molecule has 0 aromatic heterocycles. The largest absolute Gasteiger partial charge is 0.355 e. The zero-order valence-corrected chi connectivity index (χ0v) is 17.8. The summed E-state index contributed by atoms with van der Waals surface area (Å²) in [5.41, 5.74) is 0. The zero-order chi connectivity index (χ0) is 19.8. The maximum Gasteiger partial charge on any atom is 0.237 e. The predicted octanol–water partition coefficient (Wildman–Crippen LogP) is 2.23. The summed E-state index contributed by atoms with van der Waals surface area (Å²) >= 11 is 0. The number of nitrogens with zero attached hydrogens (tertiary/aromatic N) is 3. The fraction of sp³-hybridized carbons (Fsp3) is 0.909. The summed E-state index contributed by atoms with van der Waals surface area (Å²) in [5, 5.41) is 2.87. The molecule has 6 heteroatoms. The van der Waals surface area contributed by atoms with Crippen LogP contribution in [0.3, 0.4) is 0 Å². The molecule has 1 aliphatic heterocycles. The van der Waals surface area contributed by atoms with Gasteiger partial charge in [0.25, 0.3) is 0 Å². The fourth-order valence-corrected chi connectivity index (χ4v) is 5.26. The quantitative estimate of drug-likeness (QED) is 0.722. The van der Waals surface area contributed by atoms with E-state index in [4.69, 9.17) is 0 Å². The van der Waals surface area contributed by atoms with Gasteiger partial charge in [-0.05, 0) is 32.6 Å². The second kappa shape index (κ2) is 11.1. The standard InChI is InChI=1S/C22H40N4O2/c1-2-23-21(27)17-24-13-15-25(16-14-24)18-22(28)26(19-9-5-3-6-10-19)20-11-7-4-8-12-20/h19-20H,2-18H2,1H3,(H,23,27). The molecule has 1 heterocycles. The summed E-state index contributed by atoms with van der Waals surface area (Å²) < 4.78 is 0. The van der Waals surface area contributed by atoms with Gasteiger partial charge in [-0.2, -0.15) is 0 Å². The summed E-state index contributed by atoms with van der Waals surface area (Å²) in [6.45, 7) is 7.18. The molecule has 0 atom stereocenters. The number of carbonyl (C=O) groups excluding carboxylic acids is 2. The maximum absolute atomic E-state index is 13.4. The van der Waals surface area contributed by atoms with Gasteiger partial charge in [0, 0.05) is 44.8 Å². The Labute approximate surface area is 171 Å². The van der Waals surface area contributed by atoms with E-state index in [9.17, 15) is 9.59 Å². The van der Waals surface area contributed by atoms with Crippen molar-refractivity contribution in [1.29, 1.82) is 0 Å². The van der Waals surface area contributed by atoms with E-state index in [1.807, 2.05) is 6.92 Å². The van der Waals surface area contributed by atoms with Gasteiger partial charge in [-0.25, -0.2) is 0 Å². The van der Waals surface area contributed by atoms with Crippen molar-refractivity contribution in [1.82, 2.24) is 20.0 Å². The molecule has 2 saturated carbocycles. The molecule has 0 aromatic carbocycles. The maximum atomic E-state index is 13.4. The SMILES string of the molecule is CCNC(=O)CN1CCN(CC(=O)N(C2CCCCC2)C2CCCCC2)CC1. The molecular weight excluding hydrogens is 352 g/mol. The Balaban J connectivity index is 1.51. The van der Waals surface area contributed by atoms with Crippen molar-refractivity contribution in [2.75, 3.05) is 45.8 Å². The Kier molecular flexibility index (Phi) is 8.59. The lowest BCUT2D eigenvalue weighted by Gasteiger charge is -2.43. The Morgan fingerprint density at radius 1 is 0.786 bits per heavy atom. The normalized spacial score (nSPS) is 23.5. The molecular formula is C22H40N4O2. The highest BCUT2D eigenvalue weighted by Gasteiger charge is 2.33. The number of hydrogen-bond acceptors (Lipinski definition) is 4. The van der Waals surface area contributed by atoms with Crippen molar-refractivity contribution in [3.8, 4) is 0 Å². The highest BCUT2D eigenvalue weighted by molar-refractivity contribution is 5.79. The minimum absolute atomic E-state index is 0.104. The van der Waals surface area contributed by atoms with Gasteiger partial charge in [0.2, 0.25) is 11.8 Å². The van der Waals surface area contributed by atoms with Gasteiger partial charge >= 0.3 is 0 Å². The zero-order valence-electron chi connectivity index (χ0n) is 17.8. The minimum atomic E-state index is 0.104. The molecule has 1 N–H and O–H groups in total. The van der Waals surface area contributed by atoms with E-state index in [1.54, 1.807) is 0 Å². The molecule has 2 amide bonds. The number of piperazine rings is 1. The Morgan fingerprint density at radius 3 is 1.71 bits per heavy atom. The van der Waals surface area contributed by atoms with E-state index >= 15 is 0 Å². The molecule has 0 radical (unpaired) electrons. The molecule has 2 aliphatic carbocycles. The van der Waals surface area contributed by atoms with Gasteiger partial charge in [0.1, 0.15) is 0 Å². The van der Waals surface area contributed by atoms with Crippen molar-refractivity contribution in [3.05, 3.63) is 0 Å². The molecule has 0 spiro atoms. The highest BCUT2D eigenvalue weighted by Crippen LogP contribution is 2.30. The van der Waals surface area contributed by atoms with E-state index < -0.39 is 0 Å².